The zero-order valence-electron chi connectivity index (χ0n) is 26.8. The van der Waals surface area contributed by atoms with Gasteiger partial charge in [-0.1, -0.05) is 79.3 Å². The van der Waals surface area contributed by atoms with E-state index in [1.807, 2.05) is 32.2 Å². The maximum absolute atomic E-state index is 15.4. The van der Waals surface area contributed by atoms with Crippen molar-refractivity contribution < 1.29 is 19.1 Å². The predicted octanol–water partition coefficient (Wildman–Crippen LogP) is 8.55. The maximum atomic E-state index is 15.4. The van der Waals surface area contributed by atoms with Crippen molar-refractivity contribution in [2.24, 2.45) is 24.8 Å². The van der Waals surface area contributed by atoms with Gasteiger partial charge >= 0.3 is 5.97 Å². The van der Waals surface area contributed by atoms with Gasteiger partial charge in [-0.05, 0) is 86.4 Å². The Hall–Kier alpha value is -3.71. The molecule has 0 spiro atoms. The average molecular weight is 634 g/mol. The molecule has 2 aromatic rings. The third kappa shape index (κ3) is 8.72. The molecule has 3 unspecified atom stereocenters. The van der Waals surface area contributed by atoms with Gasteiger partial charge in [-0.15, -0.1) is 0 Å². The van der Waals surface area contributed by atoms with Crippen molar-refractivity contribution in [1.29, 1.82) is 0 Å². The van der Waals surface area contributed by atoms with Gasteiger partial charge in [0.25, 0.3) is 0 Å². The normalized spacial score (nSPS) is 18.1. The number of carbonyl (C=O) groups is 2. The number of allylic oxidation sites excluding steroid dienone is 9. The summed E-state index contributed by atoms with van der Waals surface area (Å²) in [6, 6.07) is 5.22. The van der Waals surface area contributed by atoms with Crippen molar-refractivity contribution in [1.82, 2.24) is 15.1 Å². The summed E-state index contributed by atoms with van der Waals surface area (Å²) in [5.74, 6) is -1.61. The highest BCUT2D eigenvalue weighted by Crippen LogP contribution is 2.47. The molecule has 2 aliphatic rings. The van der Waals surface area contributed by atoms with Crippen LogP contribution in [0.5, 0.6) is 0 Å². The van der Waals surface area contributed by atoms with Crippen molar-refractivity contribution >= 4 is 29.1 Å². The first-order chi connectivity index (χ1) is 21.6. The summed E-state index contributed by atoms with van der Waals surface area (Å²) in [4.78, 5) is 23.8. The van der Waals surface area contributed by atoms with Crippen LogP contribution in [0.3, 0.4) is 0 Å². The average Bonchev–Trinajstić information content (AvgIpc) is 3.52. The van der Waals surface area contributed by atoms with E-state index < -0.39 is 5.97 Å². The first-order valence-electron chi connectivity index (χ1n) is 16.0. The van der Waals surface area contributed by atoms with Crippen molar-refractivity contribution in [3.05, 3.63) is 94.0 Å². The number of aryl methyl sites for hydroxylation is 1. The number of carboxylic acids is 1. The Morgan fingerprint density at radius 1 is 1.18 bits per heavy atom. The number of halogens is 2. The molecule has 45 heavy (non-hydrogen) atoms. The molecule has 240 valence electrons. The van der Waals surface area contributed by atoms with Gasteiger partial charge in [0, 0.05) is 36.3 Å². The number of fused-ring (bicyclic) bond motifs is 1. The lowest BCUT2D eigenvalue weighted by atomic mass is 9.72. The number of aliphatic carboxylic acids is 1. The molecule has 4 rings (SSSR count). The number of nitrogens with zero attached hydrogens (tertiary/aromatic N) is 2. The summed E-state index contributed by atoms with van der Waals surface area (Å²) in [6.45, 7) is 6.31. The topological polar surface area (TPSA) is 84.2 Å². The van der Waals surface area contributed by atoms with Crippen molar-refractivity contribution in [3.63, 3.8) is 0 Å². The molecule has 3 atom stereocenters. The van der Waals surface area contributed by atoms with Crippen LogP contribution in [-0.2, 0) is 23.1 Å². The fourth-order valence-corrected chi connectivity index (χ4v) is 6.70. The number of rotatable bonds is 14. The Labute approximate surface area is 271 Å². The highest BCUT2D eigenvalue weighted by Gasteiger charge is 2.34. The molecule has 2 N–H and O–H groups in total. The molecule has 0 saturated heterocycles. The van der Waals surface area contributed by atoms with E-state index in [0.29, 0.717) is 24.3 Å². The Morgan fingerprint density at radius 3 is 2.64 bits per heavy atom. The van der Waals surface area contributed by atoms with Crippen LogP contribution in [-0.4, -0.2) is 33.3 Å². The van der Waals surface area contributed by atoms with Gasteiger partial charge in [0.15, 0.2) is 0 Å². The molecule has 2 aliphatic carbocycles. The third-order valence-corrected chi connectivity index (χ3v) is 9.00. The number of hydrogen-bond donors (Lipinski definition) is 2. The van der Waals surface area contributed by atoms with Gasteiger partial charge in [0.2, 0.25) is 5.91 Å². The van der Waals surface area contributed by atoms with Crippen LogP contribution in [0.25, 0.3) is 16.8 Å². The van der Waals surface area contributed by atoms with E-state index in [2.05, 4.69) is 48.6 Å². The molecule has 1 aromatic carbocycles. The molecule has 6 nitrogen and oxygen atoms in total. The molecular weight excluding hydrogens is 589 g/mol. The first kappa shape index (κ1) is 34.2. The van der Waals surface area contributed by atoms with E-state index >= 15 is 4.39 Å². The molecule has 0 bridgehead atoms. The summed E-state index contributed by atoms with van der Waals surface area (Å²) in [5.41, 5.74) is 7.34. The minimum atomic E-state index is -0.937. The number of carbonyl (C=O) groups excluding carboxylic acids is 1. The van der Waals surface area contributed by atoms with Crippen molar-refractivity contribution in [3.8, 4) is 11.3 Å². The maximum Gasteiger partial charge on any atom is 0.305 e. The summed E-state index contributed by atoms with van der Waals surface area (Å²) >= 11 is 6.29. The zero-order valence-corrected chi connectivity index (χ0v) is 27.5. The zero-order chi connectivity index (χ0) is 32.5. The van der Waals surface area contributed by atoms with Crippen molar-refractivity contribution in [2.45, 2.75) is 72.1 Å². The Morgan fingerprint density at radius 2 is 1.96 bits per heavy atom. The summed E-state index contributed by atoms with van der Waals surface area (Å²) < 4.78 is 17.1. The molecule has 1 amide bonds. The Kier molecular flexibility index (Phi) is 12.2. The fourth-order valence-electron chi connectivity index (χ4n) is 6.64. The predicted molar refractivity (Wildman–Crippen MR) is 180 cm³/mol. The van der Waals surface area contributed by atoms with Crippen LogP contribution < -0.4 is 5.32 Å². The molecule has 0 radical (unpaired) electrons. The second-order valence-electron chi connectivity index (χ2n) is 12.1. The number of hydrogen-bond acceptors (Lipinski definition) is 3. The van der Waals surface area contributed by atoms with Crippen molar-refractivity contribution in [2.75, 3.05) is 6.54 Å². The smallest absolute Gasteiger partial charge is 0.305 e. The number of aromatic nitrogens is 2. The highest BCUT2D eigenvalue weighted by molar-refractivity contribution is 6.29. The van der Waals surface area contributed by atoms with Gasteiger partial charge in [-0.2, -0.15) is 5.10 Å². The van der Waals surface area contributed by atoms with Crippen LogP contribution in [0.2, 0.25) is 0 Å². The monoisotopic (exact) mass is 633 g/mol. The van der Waals surface area contributed by atoms with Crippen LogP contribution in [0, 0.1) is 23.6 Å². The van der Waals surface area contributed by atoms with Gasteiger partial charge < -0.3 is 10.4 Å². The highest BCUT2D eigenvalue weighted by atomic mass is 35.5. The van der Waals surface area contributed by atoms with Gasteiger partial charge in [0.1, 0.15) is 5.82 Å². The van der Waals surface area contributed by atoms with E-state index in [9.17, 15) is 9.59 Å². The summed E-state index contributed by atoms with van der Waals surface area (Å²) in [5, 5.41) is 16.7. The van der Waals surface area contributed by atoms with E-state index in [0.717, 1.165) is 59.2 Å². The number of carboxylic acid groups (broad SMARTS) is 1. The molecule has 0 saturated carbocycles. The quantitative estimate of drug-likeness (QED) is 0.124. The number of nitrogens with one attached hydrogen (secondary N) is 1. The molecule has 1 aromatic heterocycles. The lowest BCUT2D eigenvalue weighted by Gasteiger charge is -2.32. The van der Waals surface area contributed by atoms with Gasteiger partial charge in [-0.3, -0.25) is 14.3 Å². The minimum Gasteiger partial charge on any atom is -0.481 e. The molecule has 8 heteroatoms. The lowest BCUT2D eigenvalue weighted by molar-refractivity contribution is -0.137. The molecular formula is C37H45ClFN3O3. The van der Waals surface area contributed by atoms with Crippen LogP contribution in [0.15, 0.2) is 77.0 Å². The third-order valence-electron chi connectivity index (χ3n) is 8.88. The standard InChI is InChI=1S/C37H45ClFN3O3/c1-5-6-7-11-29(26-9-8-10-27(15-14-26)37(45)40-20-19-35(43)44)36(24(2)12-13-25(3)38)31-17-16-30-32(31)22-28(39)23-33(30)34-18-21-41-42(34)4/h8,10,12-14,17-18,21-23,27,29,36H,5-7,9,11,15-16,19-20H2,1-4H3,(H,40,45)(H,43,44). The Bertz CT molecular complexity index is 1540. The van der Waals surface area contributed by atoms with Crippen LogP contribution in [0.1, 0.15) is 76.8 Å². The first-order valence-corrected chi connectivity index (χ1v) is 16.3. The minimum absolute atomic E-state index is 0.0165. The summed E-state index contributed by atoms with van der Waals surface area (Å²) in [7, 11) is 1.88. The largest absolute Gasteiger partial charge is 0.481 e. The number of amides is 1. The van der Waals surface area contributed by atoms with E-state index in [1.165, 1.54) is 5.57 Å². The van der Waals surface area contributed by atoms with E-state index in [-0.39, 0.29) is 42.4 Å². The Balaban J connectivity index is 1.76. The number of benzene rings is 1. The van der Waals surface area contributed by atoms with Crippen LogP contribution in [0.4, 0.5) is 4.39 Å². The summed E-state index contributed by atoms with van der Waals surface area (Å²) in [6.07, 6.45) is 20.3. The second-order valence-corrected chi connectivity index (χ2v) is 12.7. The molecule has 0 fully saturated rings. The number of unbranched alkanes of at least 4 members (excludes halogenated alkanes) is 2. The lowest BCUT2D eigenvalue weighted by Crippen LogP contribution is -2.31. The van der Waals surface area contributed by atoms with Gasteiger partial charge in [0.05, 0.1) is 18.0 Å². The van der Waals surface area contributed by atoms with Gasteiger partial charge in [-0.25, -0.2) is 4.39 Å². The molecule has 0 aliphatic heterocycles. The SMILES string of the molecule is CCCCCC(C1=CCC(C(=O)NCCC(=O)O)C=CC1)C(C(C)=CC=C(C)Cl)C1=CCc2c1cc(F)cc2-c1ccnn1C. The molecule has 1 heterocycles. The van der Waals surface area contributed by atoms with E-state index in [4.69, 9.17) is 16.7 Å². The van der Waals surface area contributed by atoms with E-state index in [1.54, 1.807) is 23.0 Å². The second kappa shape index (κ2) is 16.0. The fraction of sp³-hybridized carbons (Fsp3) is 0.432. The van der Waals surface area contributed by atoms with Crippen LogP contribution >= 0.6 is 11.6 Å².